The number of amides is 1. The molecule has 7 nitrogen and oxygen atoms in total. The maximum atomic E-state index is 13.0. The van der Waals surface area contributed by atoms with Crippen molar-refractivity contribution >= 4 is 15.9 Å². The number of piperazine rings is 1. The van der Waals surface area contributed by atoms with Crippen molar-refractivity contribution < 1.29 is 22.7 Å². The SMILES string of the molecule is COCC(=O)N1CCN(S(=O)(=O)c2cc(C)c(C)cc2OC)CC1. The molecule has 2 rings (SSSR count). The lowest BCUT2D eigenvalue weighted by atomic mass is 10.1. The number of hydrogen-bond acceptors (Lipinski definition) is 5. The Labute approximate surface area is 143 Å². The van der Waals surface area contributed by atoms with Gasteiger partial charge in [-0.05, 0) is 37.1 Å². The number of benzene rings is 1. The molecule has 0 aromatic heterocycles. The summed E-state index contributed by atoms with van der Waals surface area (Å²) >= 11 is 0. The Morgan fingerprint density at radius 2 is 1.67 bits per heavy atom. The highest BCUT2D eigenvalue weighted by atomic mass is 32.2. The van der Waals surface area contributed by atoms with Crippen molar-refractivity contribution in [3.63, 3.8) is 0 Å². The molecular formula is C16H24N2O5S. The van der Waals surface area contributed by atoms with Gasteiger partial charge in [-0.2, -0.15) is 4.31 Å². The van der Waals surface area contributed by atoms with Crippen LogP contribution in [-0.4, -0.2) is 70.5 Å². The van der Waals surface area contributed by atoms with Crippen LogP contribution in [0.2, 0.25) is 0 Å². The van der Waals surface area contributed by atoms with Crippen molar-refractivity contribution in [2.75, 3.05) is 47.0 Å². The van der Waals surface area contributed by atoms with E-state index in [-0.39, 0.29) is 30.5 Å². The Kier molecular flexibility index (Phi) is 5.84. The maximum absolute atomic E-state index is 13.0. The van der Waals surface area contributed by atoms with Crippen LogP contribution >= 0.6 is 0 Å². The minimum absolute atomic E-state index is 0.0116. The van der Waals surface area contributed by atoms with E-state index >= 15 is 0 Å². The van der Waals surface area contributed by atoms with E-state index in [2.05, 4.69) is 0 Å². The zero-order chi connectivity index (χ0) is 17.9. The van der Waals surface area contributed by atoms with E-state index in [1.807, 2.05) is 13.8 Å². The number of hydrogen-bond donors (Lipinski definition) is 0. The van der Waals surface area contributed by atoms with E-state index in [9.17, 15) is 13.2 Å². The highest BCUT2D eigenvalue weighted by molar-refractivity contribution is 7.89. The fourth-order valence-electron chi connectivity index (χ4n) is 2.66. The van der Waals surface area contributed by atoms with Gasteiger partial charge in [0.2, 0.25) is 15.9 Å². The zero-order valence-corrected chi connectivity index (χ0v) is 15.4. The molecule has 0 bridgehead atoms. The Morgan fingerprint density at radius 1 is 1.08 bits per heavy atom. The first-order valence-electron chi connectivity index (χ1n) is 7.73. The lowest BCUT2D eigenvalue weighted by molar-refractivity contribution is -0.136. The highest BCUT2D eigenvalue weighted by Crippen LogP contribution is 2.30. The summed E-state index contributed by atoms with van der Waals surface area (Å²) < 4.78 is 37.4. The highest BCUT2D eigenvalue weighted by Gasteiger charge is 2.32. The molecule has 1 aliphatic heterocycles. The predicted molar refractivity (Wildman–Crippen MR) is 89.7 cm³/mol. The first-order valence-corrected chi connectivity index (χ1v) is 9.17. The summed E-state index contributed by atoms with van der Waals surface area (Å²) in [6.45, 7) is 5.02. The minimum Gasteiger partial charge on any atom is -0.495 e. The molecule has 1 aromatic rings. The molecule has 0 atom stereocenters. The monoisotopic (exact) mass is 356 g/mol. The van der Waals surface area contributed by atoms with E-state index in [0.717, 1.165) is 11.1 Å². The average Bonchev–Trinajstić information content (AvgIpc) is 2.57. The first kappa shape index (κ1) is 18.7. The molecule has 1 heterocycles. The van der Waals surface area contributed by atoms with E-state index in [1.165, 1.54) is 18.5 Å². The first-order chi connectivity index (χ1) is 11.3. The van der Waals surface area contributed by atoms with Gasteiger partial charge in [-0.1, -0.05) is 0 Å². The van der Waals surface area contributed by atoms with Crippen molar-refractivity contribution in [2.45, 2.75) is 18.7 Å². The third kappa shape index (κ3) is 3.71. The molecule has 8 heteroatoms. The van der Waals surface area contributed by atoms with Gasteiger partial charge in [0.15, 0.2) is 0 Å². The summed E-state index contributed by atoms with van der Waals surface area (Å²) in [5, 5.41) is 0. The van der Waals surface area contributed by atoms with E-state index in [0.29, 0.717) is 18.8 Å². The van der Waals surface area contributed by atoms with E-state index in [4.69, 9.17) is 9.47 Å². The van der Waals surface area contributed by atoms with Gasteiger partial charge in [-0.3, -0.25) is 4.79 Å². The molecule has 24 heavy (non-hydrogen) atoms. The van der Waals surface area contributed by atoms with Gasteiger partial charge in [0.25, 0.3) is 0 Å². The Morgan fingerprint density at radius 3 is 2.21 bits per heavy atom. The molecule has 0 unspecified atom stereocenters. The Hall–Kier alpha value is -1.64. The van der Waals surface area contributed by atoms with Crippen LogP contribution in [0, 0.1) is 13.8 Å². The summed E-state index contributed by atoms with van der Waals surface area (Å²) in [5.41, 5.74) is 1.86. The van der Waals surface area contributed by atoms with Gasteiger partial charge >= 0.3 is 0 Å². The number of carbonyl (C=O) groups excluding carboxylic acids is 1. The fraction of sp³-hybridized carbons (Fsp3) is 0.562. The average molecular weight is 356 g/mol. The molecule has 0 spiro atoms. The number of carbonyl (C=O) groups is 1. The van der Waals surface area contributed by atoms with Gasteiger partial charge in [0.05, 0.1) is 7.11 Å². The molecule has 1 saturated heterocycles. The molecule has 0 aliphatic carbocycles. The van der Waals surface area contributed by atoms with Crippen molar-refractivity contribution in [2.24, 2.45) is 0 Å². The standard InChI is InChI=1S/C16H24N2O5S/c1-12-9-14(23-4)15(10-13(12)2)24(20,21)18-7-5-17(6-8-18)16(19)11-22-3/h9-10H,5-8,11H2,1-4H3. The Balaban J connectivity index is 2.21. The van der Waals surface area contributed by atoms with E-state index < -0.39 is 10.0 Å². The number of aryl methyl sites for hydroxylation is 2. The Bertz CT molecular complexity index is 709. The van der Waals surface area contributed by atoms with Crippen LogP contribution in [0.1, 0.15) is 11.1 Å². The van der Waals surface area contributed by atoms with Crippen LogP contribution in [0.4, 0.5) is 0 Å². The van der Waals surface area contributed by atoms with Gasteiger partial charge in [0.1, 0.15) is 17.3 Å². The second-order valence-electron chi connectivity index (χ2n) is 5.81. The molecular weight excluding hydrogens is 332 g/mol. The summed E-state index contributed by atoms with van der Waals surface area (Å²) in [5.74, 6) is 0.217. The number of nitrogens with zero attached hydrogens (tertiary/aromatic N) is 2. The molecule has 0 saturated carbocycles. The summed E-state index contributed by atoms with van der Waals surface area (Å²) in [6.07, 6.45) is 0. The van der Waals surface area contributed by atoms with Crippen LogP contribution in [0.25, 0.3) is 0 Å². The number of rotatable bonds is 5. The van der Waals surface area contributed by atoms with Crippen LogP contribution in [0.15, 0.2) is 17.0 Å². The summed E-state index contributed by atoms with van der Waals surface area (Å²) in [6, 6.07) is 3.38. The van der Waals surface area contributed by atoms with Crippen LogP contribution in [-0.2, 0) is 19.6 Å². The largest absolute Gasteiger partial charge is 0.495 e. The van der Waals surface area contributed by atoms with Gasteiger partial charge in [-0.25, -0.2) is 8.42 Å². The predicted octanol–water partition coefficient (Wildman–Crippen LogP) is 0.791. The maximum Gasteiger partial charge on any atom is 0.248 e. The number of ether oxygens (including phenoxy) is 2. The zero-order valence-electron chi connectivity index (χ0n) is 14.5. The number of methoxy groups -OCH3 is 2. The minimum atomic E-state index is -3.67. The third-order valence-corrected chi connectivity index (χ3v) is 6.18. The van der Waals surface area contributed by atoms with Gasteiger partial charge in [-0.15, -0.1) is 0 Å². The van der Waals surface area contributed by atoms with Crippen LogP contribution in [0.3, 0.4) is 0 Å². The quantitative estimate of drug-likeness (QED) is 0.780. The second kappa shape index (κ2) is 7.50. The second-order valence-corrected chi connectivity index (χ2v) is 7.71. The molecule has 1 aromatic carbocycles. The molecule has 0 radical (unpaired) electrons. The molecule has 1 aliphatic rings. The fourth-order valence-corrected chi connectivity index (χ4v) is 4.30. The van der Waals surface area contributed by atoms with Gasteiger partial charge in [0, 0.05) is 33.3 Å². The summed E-state index contributed by atoms with van der Waals surface area (Å²) in [7, 11) is -0.741. The lowest BCUT2D eigenvalue weighted by Crippen LogP contribution is -2.51. The topological polar surface area (TPSA) is 76.2 Å². The third-order valence-electron chi connectivity index (χ3n) is 4.26. The smallest absolute Gasteiger partial charge is 0.248 e. The van der Waals surface area contributed by atoms with Crippen LogP contribution in [0.5, 0.6) is 5.75 Å². The molecule has 1 fully saturated rings. The normalized spacial score (nSPS) is 16.2. The van der Waals surface area contributed by atoms with Crippen molar-refractivity contribution in [3.8, 4) is 5.75 Å². The van der Waals surface area contributed by atoms with Crippen molar-refractivity contribution in [1.82, 2.24) is 9.21 Å². The number of sulfonamides is 1. The van der Waals surface area contributed by atoms with Gasteiger partial charge < -0.3 is 14.4 Å². The van der Waals surface area contributed by atoms with Crippen molar-refractivity contribution in [1.29, 1.82) is 0 Å². The lowest BCUT2D eigenvalue weighted by Gasteiger charge is -2.34. The van der Waals surface area contributed by atoms with Crippen molar-refractivity contribution in [3.05, 3.63) is 23.3 Å². The molecule has 134 valence electrons. The summed E-state index contributed by atoms with van der Waals surface area (Å²) in [4.78, 5) is 13.6. The van der Waals surface area contributed by atoms with E-state index in [1.54, 1.807) is 17.0 Å². The molecule has 0 N–H and O–H groups in total. The molecule has 1 amide bonds. The van der Waals surface area contributed by atoms with Crippen LogP contribution < -0.4 is 4.74 Å².